The summed E-state index contributed by atoms with van der Waals surface area (Å²) in [5.41, 5.74) is 0. The van der Waals surface area contributed by atoms with Crippen LogP contribution in [0.1, 0.15) is 18.2 Å². The van der Waals surface area contributed by atoms with E-state index in [-0.39, 0.29) is 5.82 Å². The van der Waals surface area contributed by atoms with Crippen molar-refractivity contribution in [3.05, 3.63) is 32.8 Å². The third-order valence-corrected chi connectivity index (χ3v) is 4.03. The smallest absolute Gasteiger partial charge is 0.224 e. The minimum absolute atomic E-state index is 0.220. The lowest BCUT2D eigenvalue weighted by atomic mass is 10.4. The molecule has 2 heterocycles. The SMILES string of the molecule is CCCNc1ncc(F)c(NCc2cc(Br)cs2)n1. The quantitative estimate of drug-likeness (QED) is 0.834. The number of anilines is 2. The fourth-order valence-corrected chi connectivity index (χ4v) is 2.82. The molecule has 102 valence electrons. The van der Waals surface area contributed by atoms with E-state index in [2.05, 4.69) is 36.5 Å². The van der Waals surface area contributed by atoms with Gasteiger partial charge in [-0.1, -0.05) is 6.92 Å². The molecule has 0 aliphatic heterocycles. The Hall–Kier alpha value is -1.21. The maximum atomic E-state index is 13.6. The largest absolute Gasteiger partial charge is 0.363 e. The Kier molecular flexibility index (Phi) is 5.09. The van der Waals surface area contributed by atoms with Crippen molar-refractivity contribution in [2.45, 2.75) is 19.9 Å². The highest BCUT2D eigenvalue weighted by atomic mass is 79.9. The second kappa shape index (κ2) is 6.81. The Morgan fingerprint density at radius 3 is 2.95 bits per heavy atom. The van der Waals surface area contributed by atoms with Gasteiger partial charge in [-0.2, -0.15) is 4.98 Å². The summed E-state index contributed by atoms with van der Waals surface area (Å²) in [6.07, 6.45) is 2.14. The third-order valence-electron chi connectivity index (χ3n) is 2.33. The number of aromatic nitrogens is 2. The number of nitrogens with zero attached hydrogens (tertiary/aromatic N) is 2. The zero-order valence-electron chi connectivity index (χ0n) is 10.4. The van der Waals surface area contributed by atoms with Gasteiger partial charge in [-0.05, 0) is 28.4 Å². The molecule has 7 heteroatoms. The molecule has 0 aliphatic rings. The molecule has 0 saturated carbocycles. The molecule has 0 radical (unpaired) electrons. The first-order valence-corrected chi connectivity index (χ1v) is 7.59. The molecule has 0 aromatic carbocycles. The van der Waals surface area contributed by atoms with Gasteiger partial charge in [0, 0.05) is 21.3 Å². The van der Waals surface area contributed by atoms with Crippen molar-refractivity contribution in [1.82, 2.24) is 9.97 Å². The summed E-state index contributed by atoms with van der Waals surface area (Å²) < 4.78 is 14.6. The summed E-state index contributed by atoms with van der Waals surface area (Å²) in [4.78, 5) is 9.11. The summed E-state index contributed by atoms with van der Waals surface area (Å²) in [6, 6.07) is 1.99. The molecule has 0 amide bonds. The van der Waals surface area contributed by atoms with Gasteiger partial charge in [0.1, 0.15) is 0 Å². The number of rotatable bonds is 6. The van der Waals surface area contributed by atoms with E-state index < -0.39 is 5.82 Å². The lowest BCUT2D eigenvalue weighted by Crippen LogP contribution is -2.08. The molecule has 2 rings (SSSR count). The van der Waals surface area contributed by atoms with E-state index >= 15 is 0 Å². The molecule has 4 nitrogen and oxygen atoms in total. The van der Waals surface area contributed by atoms with Crippen LogP contribution >= 0.6 is 27.3 Å². The Labute approximate surface area is 123 Å². The zero-order valence-corrected chi connectivity index (χ0v) is 12.8. The predicted molar refractivity (Wildman–Crippen MR) is 80.1 cm³/mol. The number of hydrogen-bond donors (Lipinski definition) is 2. The van der Waals surface area contributed by atoms with Crippen LogP contribution in [0.2, 0.25) is 0 Å². The van der Waals surface area contributed by atoms with Gasteiger partial charge in [-0.3, -0.25) is 0 Å². The van der Waals surface area contributed by atoms with Crippen LogP contribution in [0.4, 0.5) is 16.2 Å². The monoisotopic (exact) mass is 344 g/mol. The van der Waals surface area contributed by atoms with Crippen LogP contribution in [-0.2, 0) is 6.54 Å². The number of hydrogen-bond acceptors (Lipinski definition) is 5. The maximum absolute atomic E-state index is 13.6. The van der Waals surface area contributed by atoms with Crippen LogP contribution in [-0.4, -0.2) is 16.5 Å². The Morgan fingerprint density at radius 1 is 1.42 bits per heavy atom. The van der Waals surface area contributed by atoms with Crippen LogP contribution in [0.5, 0.6) is 0 Å². The van der Waals surface area contributed by atoms with Crippen molar-refractivity contribution in [1.29, 1.82) is 0 Å². The maximum Gasteiger partial charge on any atom is 0.224 e. The minimum atomic E-state index is -0.447. The van der Waals surface area contributed by atoms with Crippen molar-refractivity contribution in [3.8, 4) is 0 Å². The first kappa shape index (κ1) is 14.2. The van der Waals surface area contributed by atoms with E-state index in [1.54, 1.807) is 11.3 Å². The van der Waals surface area contributed by atoms with Crippen LogP contribution in [0.3, 0.4) is 0 Å². The molecule has 0 atom stereocenters. The molecule has 0 fully saturated rings. The average molecular weight is 345 g/mol. The van der Waals surface area contributed by atoms with Crippen molar-refractivity contribution in [2.75, 3.05) is 17.2 Å². The zero-order chi connectivity index (χ0) is 13.7. The first-order valence-electron chi connectivity index (χ1n) is 5.92. The van der Waals surface area contributed by atoms with Gasteiger partial charge in [-0.15, -0.1) is 11.3 Å². The molecule has 2 N–H and O–H groups in total. The summed E-state index contributed by atoms with van der Waals surface area (Å²) >= 11 is 4.99. The highest BCUT2D eigenvalue weighted by molar-refractivity contribution is 9.10. The predicted octanol–water partition coefficient (Wildman–Crippen LogP) is 3.87. The van der Waals surface area contributed by atoms with Crippen molar-refractivity contribution in [3.63, 3.8) is 0 Å². The van der Waals surface area contributed by atoms with E-state index in [1.165, 1.54) is 6.20 Å². The molecule has 0 unspecified atom stereocenters. The lowest BCUT2D eigenvalue weighted by molar-refractivity contribution is 0.617. The van der Waals surface area contributed by atoms with Gasteiger partial charge in [-0.25, -0.2) is 9.37 Å². The van der Waals surface area contributed by atoms with E-state index in [4.69, 9.17) is 0 Å². The fourth-order valence-electron chi connectivity index (χ4n) is 1.43. The second-order valence-corrected chi connectivity index (χ2v) is 5.81. The van der Waals surface area contributed by atoms with E-state index in [9.17, 15) is 4.39 Å². The molecule has 0 spiro atoms. The van der Waals surface area contributed by atoms with E-state index in [1.807, 2.05) is 18.4 Å². The summed E-state index contributed by atoms with van der Waals surface area (Å²) in [5, 5.41) is 8.00. The Bertz CT molecular complexity index is 546. The second-order valence-electron chi connectivity index (χ2n) is 3.90. The minimum Gasteiger partial charge on any atom is -0.363 e. The van der Waals surface area contributed by atoms with Crippen LogP contribution in [0.25, 0.3) is 0 Å². The fraction of sp³-hybridized carbons (Fsp3) is 0.333. The van der Waals surface area contributed by atoms with Gasteiger partial charge in [0.15, 0.2) is 11.6 Å². The van der Waals surface area contributed by atoms with E-state index in [0.29, 0.717) is 12.5 Å². The van der Waals surface area contributed by atoms with Crippen molar-refractivity contribution >= 4 is 39.0 Å². The topological polar surface area (TPSA) is 49.8 Å². The highest BCUT2D eigenvalue weighted by Gasteiger charge is 2.07. The van der Waals surface area contributed by atoms with Crippen LogP contribution < -0.4 is 10.6 Å². The number of nitrogens with one attached hydrogen (secondary N) is 2. The van der Waals surface area contributed by atoms with Gasteiger partial charge in [0.05, 0.1) is 12.7 Å². The molecule has 0 aliphatic carbocycles. The van der Waals surface area contributed by atoms with Crippen LogP contribution in [0.15, 0.2) is 22.1 Å². The summed E-state index contributed by atoms with van der Waals surface area (Å²) in [6.45, 7) is 3.35. The van der Waals surface area contributed by atoms with E-state index in [0.717, 1.165) is 22.3 Å². The van der Waals surface area contributed by atoms with Crippen molar-refractivity contribution in [2.24, 2.45) is 0 Å². The average Bonchev–Trinajstić information content (AvgIpc) is 2.82. The standard InChI is InChI=1S/C12H14BrFN4S/c1-2-3-15-12-17-6-10(14)11(18-12)16-5-9-4-8(13)7-19-9/h4,6-7H,2-3,5H2,1H3,(H2,15,16,17,18). The molecular weight excluding hydrogens is 331 g/mol. The lowest BCUT2D eigenvalue weighted by Gasteiger charge is -2.08. The van der Waals surface area contributed by atoms with Crippen molar-refractivity contribution < 1.29 is 4.39 Å². The highest BCUT2D eigenvalue weighted by Crippen LogP contribution is 2.21. The number of thiophene rings is 1. The Balaban J connectivity index is 2.02. The summed E-state index contributed by atoms with van der Waals surface area (Å²) in [7, 11) is 0. The molecule has 2 aromatic rings. The normalized spacial score (nSPS) is 10.5. The van der Waals surface area contributed by atoms with Crippen LogP contribution in [0, 0.1) is 5.82 Å². The van der Waals surface area contributed by atoms with Gasteiger partial charge in [0.25, 0.3) is 0 Å². The molecule has 2 aromatic heterocycles. The number of halogens is 2. The molecule has 19 heavy (non-hydrogen) atoms. The first-order chi connectivity index (χ1) is 9.19. The Morgan fingerprint density at radius 2 is 2.26 bits per heavy atom. The molecule has 0 bridgehead atoms. The molecular formula is C12H14BrFN4S. The van der Waals surface area contributed by atoms with Gasteiger partial charge in [0.2, 0.25) is 5.95 Å². The molecule has 0 saturated heterocycles. The van der Waals surface area contributed by atoms with Gasteiger partial charge >= 0.3 is 0 Å². The summed E-state index contributed by atoms with van der Waals surface area (Å²) in [5.74, 6) is 0.217. The van der Waals surface area contributed by atoms with Gasteiger partial charge < -0.3 is 10.6 Å². The third kappa shape index (κ3) is 4.14.